The molecule has 5 heteroatoms. The van der Waals surface area contributed by atoms with E-state index in [1.54, 1.807) is 13.8 Å². The first kappa shape index (κ1) is 16.3. The summed E-state index contributed by atoms with van der Waals surface area (Å²) in [6, 6.07) is 16.0. The highest BCUT2D eigenvalue weighted by atomic mass is 16.5. The minimum Gasteiger partial charge on any atom is -0.462 e. The molecular weight excluding hydrogens is 328 g/mol. The Bertz CT molecular complexity index is 1060. The zero-order chi connectivity index (χ0) is 18.1. The number of pyridine rings is 1. The van der Waals surface area contributed by atoms with Gasteiger partial charge in [-0.25, -0.2) is 9.78 Å². The van der Waals surface area contributed by atoms with Crippen LogP contribution in [0.4, 0.5) is 0 Å². The molecule has 0 aliphatic carbocycles. The summed E-state index contributed by atoms with van der Waals surface area (Å²) in [7, 11) is 0. The Labute approximate surface area is 150 Å². The number of fused-ring (bicyclic) bond motifs is 2. The zero-order valence-electron chi connectivity index (χ0n) is 14.7. The van der Waals surface area contributed by atoms with E-state index in [-0.39, 0.29) is 0 Å². The minimum atomic E-state index is -0.399. The van der Waals surface area contributed by atoms with Gasteiger partial charge >= 0.3 is 5.97 Å². The highest BCUT2D eigenvalue weighted by Gasteiger charge is 2.23. The molecule has 130 valence electrons. The molecular formula is C21H18N2O3. The fourth-order valence-corrected chi connectivity index (χ4v) is 3.28. The maximum Gasteiger partial charge on any atom is 0.343 e. The minimum absolute atomic E-state index is 0.310. The quantitative estimate of drug-likeness (QED) is 0.403. The summed E-state index contributed by atoms with van der Waals surface area (Å²) in [5.74, 6) is 0.117. The zero-order valence-corrected chi connectivity index (χ0v) is 14.7. The van der Waals surface area contributed by atoms with E-state index in [1.165, 1.54) is 0 Å². The lowest BCUT2D eigenvalue weighted by molar-refractivity contribution is 0.0523. The number of hydrogen-bond acceptors (Lipinski definition) is 5. The lowest BCUT2D eigenvalue weighted by atomic mass is 9.97. The van der Waals surface area contributed by atoms with Gasteiger partial charge in [-0.15, -0.1) is 0 Å². The SMILES string of the molecule is CCOC(=O)c1c(C)noc1Cc1c2ccccc2nc2ccccc12. The molecule has 2 aromatic heterocycles. The summed E-state index contributed by atoms with van der Waals surface area (Å²) in [5.41, 5.74) is 3.84. The van der Waals surface area contributed by atoms with Crippen LogP contribution in [-0.4, -0.2) is 22.7 Å². The van der Waals surface area contributed by atoms with Crippen molar-refractivity contribution in [1.82, 2.24) is 10.1 Å². The molecule has 0 radical (unpaired) electrons. The second kappa shape index (κ2) is 6.59. The van der Waals surface area contributed by atoms with Gasteiger partial charge in [0.1, 0.15) is 5.56 Å². The first-order chi connectivity index (χ1) is 12.7. The number of ether oxygens (including phenoxy) is 1. The number of benzene rings is 2. The Morgan fingerprint density at radius 3 is 2.27 bits per heavy atom. The first-order valence-corrected chi connectivity index (χ1v) is 8.57. The van der Waals surface area contributed by atoms with E-state index >= 15 is 0 Å². The number of nitrogens with zero attached hydrogens (tertiary/aromatic N) is 2. The summed E-state index contributed by atoms with van der Waals surface area (Å²) >= 11 is 0. The average Bonchev–Trinajstić information content (AvgIpc) is 3.02. The third-order valence-electron chi connectivity index (χ3n) is 4.45. The average molecular weight is 346 g/mol. The van der Waals surface area contributed by atoms with Crippen molar-refractivity contribution < 1.29 is 14.1 Å². The number of aryl methyl sites for hydroxylation is 1. The fraction of sp³-hybridized carbons (Fsp3) is 0.190. The second-order valence-corrected chi connectivity index (χ2v) is 6.09. The van der Waals surface area contributed by atoms with Gasteiger partial charge in [0, 0.05) is 17.2 Å². The van der Waals surface area contributed by atoms with Gasteiger partial charge in [0.05, 0.1) is 23.3 Å². The molecule has 2 heterocycles. The number of esters is 1. The number of rotatable bonds is 4. The Morgan fingerprint density at radius 2 is 1.65 bits per heavy atom. The number of aromatic nitrogens is 2. The number of para-hydroxylation sites is 2. The Hall–Kier alpha value is -3.21. The van der Waals surface area contributed by atoms with Crippen LogP contribution in [0.2, 0.25) is 0 Å². The Balaban J connectivity index is 1.91. The van der Waals surface area contributed by atoms with E-state index < -0.39 is 5.97 Å². The van der Waals surface area contributed by atoms with Gasteiger partial charge in [-0.05, 0) is 31.5 Å². The van der Waals surface area contributed by atoms with Crippen LogP contribution in [-0.2, 0) is 11.2 Å². The van der Waals surface area contributed by atoms with E-state index in [4.69, 9.17) is 14.2 Å². The van der Waals surface area contributed by atoms with Crippen molar-refractivity contribution in [3.63, 3.8) is 0 Å². The van der Waals surface area contributed by atoms with Crippen molar-refractivity contribution in [1.29, 1.82) is 0 Å². The molecule has 4 aromatic rings. The first-order valence-electron chi connectivity index (χ1n) is 8.57. The molecule has 0 aliphatic heterocycles. The van der Waals surface area contributed by atoms with Crippen molar-refractivity contribution >= 4 is 27.8 Å². The molecule has 0 amide bonds. The van der Waals surface area contributed by atoms with Crippen LogP contribution in [0.1, 0.15) is 34.3 Å². The molecule has 0 N–H and O–H groups in total. The highest BCUT2D eigenvalue weighted by Crippen LogP contribution is 2.29. The van der Waals surface area contributed by atoms with Crippen LogP contribution in [0.3, 0.4) is 0 Å². The van der Waals surface area contributed by atoms with Gasteiger partial charge in [-0.3, -0.25) is 0 Å². The smallest absolute Gasteiger partial charge is 0.343 e. The maximum atomic E-state index is 12.3. The molecule has 2 aromatic carbocycles. The van der Waals surface area contributed by atoms with Crippen molar-refractivity contribution in [3.8, 4) is 0 Å². The van der Waals surface area contributed by atoms with Crippen LogP contribution in [0, 0.1) is 6.92 Å². The summed E-state index contributed by atoms with van der Waals surface area (Å²) in [6.45, 7) is 3.84. The standard InChI is InChI=1S/C21H18N2O3/c1-3-25-21(24)20-13(2)23-26-19(20)12-16-14-8-4-6-10-17(14)22-18-11-7-5-9-15(16)18/h4-11H,3,12H2,1-2H3. The lowest BCUT2D eigenvalue weighted by Gasteiger charge is -2.10. The molecule has 0 fully saturated rings. The normalized spacial score (nSPS) is 11.2. The van der Waals surface area contributed by atoms with Crippen LogP contribution in [0.5, 0.6) is 0 Å². The fourth-order valence-electron chi connectivity index (χ4n) is 3.28. The number of carbonyl (C=O) groups is 1. The Morgan fingerprint density at radius 1 is 1.04 bits per heavy atom. The molecule has 0 saturated carbocycles. The Kier molecular flexibility index (Phi) is 4.13. The third-order valence-corrected chi connectivity index (χ3v) is 4.45. The van der Waals surface area contributed by atoms with Gasteiger partial charge in [0.2, 0.25) is 0 Å². The largest absolute Gasteiger partial charge is 0.462 e. The molecule has 26 heavy (non-hydrogen) atoms. The number of carbonyl (C=O) groups excluding carboxylic acids is 1. The maximum absolute atomic E-state index is 12.3. The monoisotopic (exact) mass is 346 g/mol. The van der Waals surface area contributed by atoms with Gasteiger partial charge in [-0.2, -0.15) is 0 Å². The summed E-state index contributed by atoms with van der Waals surface area (Å²) < 4.78 is 10.7. The van der Waals surface area contributed by atoms with E-state index in [0.29, 0.717) is 30.0 Å². The summed E-state index contributed by atoms with van der Waals surface area (Å²) in [6.07, 6.45) is 0.443. The molecule has 0 unspecified atom stereocenters. The van der Waals surface area contributed by atoms with Crippen molar-refractivity contribution in [2.24, 2.45) is 0 Å². The molecule has 5 nitrogen and oxygen atoms in total. The van der Waals surface area contributed by atoms with Gasteiger partial charge in [0.15, 0.2) is 5.76 Å². The molecule has 0 aliphatic rings. The second-order valence-electron chi connectivity index (χ2n) is 6.09. The van der Waals surface area contributed by atoms with Crippen LogP contribution in [0.15, 0.2) is 53.1 Å². The van der Waals surface area contributed by atoms with Gasteiger partial charge < -0.3 is 9.26 Å². The number of hydrogen-bond donors (Lipinski definition) is 0. The predicted molar refractivity (Wildman–Crippen MR) is 99.3 cm³/mol. The van der Waals surface area contributed by atoms with Gasteiger partial charge in [0.25, 0.3) is 0 Å². The molecule has 4 rings (SSSR count). The third kappa shape index (κ3) is 2.71. The van der Waals surface area contributed by atoms with Crippen molar-refractivity contribution in [2.75, 3.05) is 6.61 Å². The summed E-state index contributed by atoms with van der Waals surface area (Å²) in [4.78, 5) is 17.1. The van der Waals surface area contributed by atoms with Crippen LogP contribution >= 0.6 is 0 Å². The van der Waals surface area contributed by atoms with Crippen LogP contribution in [0.25, 0.3) is 21.8 Å². The highest BCUT2D eigenvalue weighted by molar-refractivity contribution is 5.98. The topological polar surface area (TPSA) is 65.2 Å². The molecule has 0 spiro atoms. The predicted octanol–water partition coefficient (Wildman–Crippen LogP) is 4.45. The van der Waals surface area contributed by atoms with Crippen molar-refractivity contribution in [2.45, 2.75) is 20.3 Å². The van der Waals surface area contributed by atoms with E-state index in [2.05, 4.69) is 5.16 Å². The van der Waals surface area contributed by atoms with Gasteiger partial charge in [-0.1, -0.05) is 41.6 Å². The molecule has 0 bridgehead atoms. The van der Waals surface area contributed by atoms with E-state index in [9.17, 15) is 4.79 Å². The van der Waals surface area contributed by atoms with Crippen LogP contribution < -0.4 is 0 Å². The molecule has 0 atom stereocenters. The lowest BCUT2D eigenvalue weighted by Crippen LogP contribution is -2.08. The van der Waals surface area contributed by atoms with Crippen molar-refractivity contribution in [3.05, 3.63) is 71.1 Å². The van der Waals surface area contributed by atoms with E-state index in [1.807, 2.05) is 48.5 Å². The van der Waals surface area contributed by atoms with E-state index in [0.717, 1.165) is 27.4 Å². The summed E-state index contributed by atoms with van der Waals surface area (Å²) in [5, 5.41) is 6.06. The molecule has 0 saturated heterocycles.